The van der Waals surface area contributed by atoms with Crippen molar-refractivity contribution in [3.8, 4) is 0 Å². The molecule has 0 radical (unpaired) electrons. The highest BCUT2D eigenvalue weighted by Crippen LogP contribution is 2.24. The second kappa shape index (κ2) is 7.71. The van der Waals surface area contributed by atoms with Crippen molar-refractivity contribution in [1.82, 2.24) is 20.4 Å². The molecule has 2 atom stereocenters. The van der Waals surface area contributed by atoms with Crippen LogP contribution in [0.15, 0.2) is 28.8 Å². The summed E-state index contributed by atoms with van der Waals surface area (Å²) < 4.78 is 24.0. The largest absolute Gasteiger partial charge is 0.379 e. The van der Waals surface area contributed by atoms with Crippen LogP contribution in [-0.4, -0.2) is 47.3 Å². The fourth-order valence-corrected chi connectivity index (χ4v) is 2.89. The van der Waals surface area contributed by atoms with Gasteiger partial charge in [-0.1, -0.05) is 17.3 Å². The molecule has 1 aromatic heterocycles. The van der Waals surface area contributed by atoms with Gasteiger partial charge in [0.05, 0.1) is 19.3 Å². The van der Waals surface area contributed by atoms with Gasteiger partial charge in [-0.3, -0.25) is 9.69 Å². The van der Waals surface area contributed by atoms with Gasteiger partial charge in [-0.05, 0) is 24.6 Å². The topological polar surface area (TPSA) is 80.5 Å². The van der Waals surface area contributed by atoms with Gasteiger partial charge in [0.2, 0.25) is 11.8 Å². The third kappa shape index (κ3) is 4.21. The minimum atomic E-state index is -0.602. The van der Waals surface area contributed by atoms with E-state index < -0.39 is 12.1 Å². The normalized spacial score (nSPS) is 17.9. The molecular formula is C17H21FN4O3. The summed E-state index contributed by atoms with van der Waals surface area (Å²) in [6.45, 7) is 5.75. The first-order valence-corrected chi connectivity index (χ1v) is 8.22. The first kappa shape index (κ1) is 17.5. The highest BCUT2D eigenvalue weighted by atomic mass is 19.1. The molecule has 0 bridgehead atoms. The van der Waals surface area contributed by atoms with Crippen molar-refractivity contribution in [3.05, 3.63) is 47.4 Å². The molecule has 25 heavy (non-hydrogen) atoms. The SMILES string of the molecule is Cc1nc([C@H](C)NC(=O)[C@H](c2cccc(F)c2)N2CCOCC2)no1. The Kier molecular flexibility index (Phi) is 5.40. The van der Waals surface area contributed by atoms with Gasteiger partial charge in [-0.25, -0.2) is 4.39 Å². The highest BCUT2D eigenvalue weighted by molar-refractivity contribution is 5.83. The lowest BCUT2D eigenvalue weighted by atomic mass is 10.0. The summed E-state index contributed by atoms with van der Waals surface area (Å²) in [7, 11) is 0. The van der Waals surface area contributed by atoms with Crippen molar-refractivity contribution in [3.63, 3.8) is 0 Å². The molecule has 1 aromatic carbocycles. The van der Waals surface area contributed by atoms with Crippen molar-refractivity contribution >= 4 is 5.91 Å². The summed E-state index contributed by atoms with van der Waals surface area (Å²) in [5.41, 5.74) is 0.607. The van der Waals surface area contributed by atoms with Crippen LogP contribution in [-0.2, 0) is 9.53 Å². The number of benzene rings is 1. The summed E-state index contributed by atoms with van der Waals surface area (Å²) in [5, 5.41) is 6.73. The van der Waals surface area contributed by atoms with E-state index in [0.717, 1.165) is 0 Å². The van der Waals surface area contributed by atoms with Crippen LogP contribution in [0.25, 0.3) is 0 Å². The maximum Gasteiger partial charge on any atom is 0.242 e. The zero-order chi connectivity index (χ0) is 17.8. The number of carbonyl (C=O) groups is 1. The Bertz CT molecular complexity index is 730. The summed E-state index contributed by atoms with van der Waals surface area (Å²) in [6, 6.07) is 5.10. The monoisotopic (exact) mass is 348 g/mol. The number of amides is 1. The van der Waals surface area contributed by atoms with Gasteiger partial charge in [0.15, 0.2) is 5.82 Å². The molecule has 3 rings (SSSR count). The zero-order valence-electron chi connectivity index (χ0n) is 14.2. The molecule has 8 heteroatoms. The standard InChI is InChI=1S/C17H21FN4O3/c1-11(16-20-12(2)25-21-16)19-17(23)15(22-6-8-24-9-7-22)13-4-3-5-14(18)10-13/h3-5,10-11,15H,6-9H2,1-2H3,(H,19,23)/t11-,15-/m0/s1. The first-order valence-electron chi connectivity index (χ1n) is 8.22. The number of hydrogen-bond donors (Lipinski definition) is 1. The summed E-state index contributed by atoms with van der Waals surface area (Å²) in [4.78, 5) is 19.1. The maximum absolute atomic E-state index is 13.7. The zero-order valence-corrected chi connectivity index (χ0v) is 14.2. The lowest BCUT2D eigenvalue weighted by molar-refractivity contribution is -0.129. The third-order valence-electron chi connectivity index (χ3n) is 4.11. The average molecular weight is 348 g/mol. The van der Waals surface area contributed by atoms with E-state index in [1.165, 1.54) is 12.1 Å². The molecule has 0 saturated carbocycles. The first-order chi connectivity index (χ1) is 12.0. The van der Waals surface area contributed by atoms with E-state index in [4.69, 9.17) is 9.26 Å². The molecule has 134 valence electrons. The van der Waals surface area contributed by atoms with Crippen LogP contribution in [0.5, 0.6) is 0 Å². The lowest BCUT2D eigenvalue weighted by Crippen LogP contribution is -2.46. The van der Waals surface area contributed by atoms with Gasteiger partial charge in [-0.15, -0.1) is 0 Å². The third-order valence-corrected chi connectivity index (χ3v) is 4.11. The molecule has 0 unspecified atom stereocenters. The average Bonchev–Trinajstić information content (AvgIpc) is 3.03. The molecule has 1 saturated heterocycles. The number of aryl methyl sites for hydroxylation is 1. The smallest absolute Gasteiger partial charge is 0.242 e. The van der Waals surface area contributed by atoms with E-state index in [0.29, 0.717) is 43.6 Å². The number of carbonyl (C=O) groups excluding carboxylic acids is 1. The molecule has 0 aliphatic carbocycles. The minimum absolute atomic E-state index is 0.234. The van der Waals surface area contributed by atoms with E-state index >= 15 is 0 Å². The Morgan fingerprint density at radius 3 is 2.76 bits per heavy atom. The van der Waals surface area contributed by atoms with Gasteiger partial charge >= 0.3 is 0 Å². The molecule has 1 amide bonds. The summed E-state index contributed by atoms with van der Waals surface area (Å²) in [5.74, 6) is 0.240. The van der Waals surface area contributed by atoms with Crippen LogP contribution < -0.4 is 5.32 Å². The van der Waals surface area contributed by atoms with Crippen LogP contribution in [0.2, 0.25) is 0 Å². The molecule has 1 aliphatic rings. The number of nitrogens with one attached hydrogen (secondary N) is 1. The van der Waals surface area contributed by atoms with E-state index in [1.54, 1.807) is 26.0 Å². The van der Waals surface area contributed by atoms with E-state index in [2.05, 4.69) is 15.5 Å². The lowest BCUT2D eigenvalue weighted by Gasteiger charge is -2.34. The van der Waals surface area contributed by atoms with Crippen LogP contribution in [0.1, 0.15) is 36.3 Å². The summed E-state index contributed by atoms with van der Waals surface area (Å²) >= 11 is 0. The highest BCUT2D eigenvalue weighted by Gasteiger charge is 2.30. The van der Waals surface area contributed by atoms with Crippen LogP contribution >= 0.6 is 0 Å². The number of nitrogens with zero attached hydrogens (tertiary/aromatic N) is 3. The molecule has 0 spiro atoms. The van der Waals surface area contributed by atoms with Crippen LogP contribution in [0.3, 0.4) is 0 Å². The Labute approximate surface area is 145 Å². The van der Waals surface area contributed by atoms with Crippen LogP contribution in [0, 0.1) is 12.7 Å². The quantitative estimate of drug-likeness (QED) is 0.887. The second-order valence-corrected chi connectivity index (χ2v) is 6.01. The Hall–Kier alpha value is -2.32. The Balaban J connectivity index is 1.81. The molecule has 1 fully saturated rings. The number of halogens is 1. The van der Waals surface area contributed by atoms with Gasteiger partial charge < -0.3 is 14.6 Å². The molecule has 2 aromatic rings. The number of hydrogen-bond acceptors (Lipinski definition) is 6. The Morgan fingerprint density at radius 1 is 1.36 bits per heavy atom. The summed E-state index contributed by atoms with van der Waals surface area (Å²) in [6.07, 6.45) is 0. The predicted octanol–water partition coefficient (Wildman–Crippen LogP) is 1.77. The fraction of sp³-hybridized carbons (Fsp3) is 0.471. The van der Waals surface area contributed by atoms with Crippen molar-refractivity contribution < 1.29 is 18.4 Å². The second-order valence-electron chi connectivity index (χ2n) is 6.01. The van der Waals surface area contributed by atoms with E-state index in [1.807, 2.05) is 4.90 Å². The maximum atomic E-state index is 13.7. The molecule has 7 nitrogen and oxygen atoms in total. The van der Waals surface area contributed by atoms with Crippen molar-refractivity contribution in [2.75, 3.05) is 26.3 Å². The van der Waals surface area contributed by atoms with Crippen LogP contribution in [0.4, 0.5) is 4.39 Å². The van der Waals surface area contributed by atoms with Gasteiger partial charge in [0.25, 0.3) is 0 Å². The van der Waals surface area contributed by atoms with Crippen molar-refractivity contribution in [1.29, 1.82) is 0 Å². The number of morpholine rings is 1. The molecule has 1 N–H and O–H groups in total. The van der Waals surface area contributed by atoms with Gasteiger partial charge in [-0.2, -0.15) is 4.98 Å². The van der Waals surface area contributed by atoms with Crippen molar-refractivity contribution in [2.45, 2.75) is 25.9 Å². The van der Waals surface area contributed by atoms with Gasteiger partial charge in [0, 0.05) is 20.0 Å². The predicted molar refractivity (Wildman–Crippen MR) is 87.1 cm³/mol. The fourth-order valence-electron chi connectivity index (χ4n) is 2.89. The number of rotatable bonds is 5. The minimum Gasteiger partial charge on any atom is -0.379 e. The number of aromatic nitrogens is 2. The molecule has 2 heterocycles. The van der Waals surface area contributed by atoms with Gasteiger partial charge in [0.1, 0.15) is 11.9 Å². The molecular weight excluding hydrogens is 327 g/mol. The van der Waals surface area contributed by atoms with Crippen molar-refractivity contribution in [2.24, 2.45) is 0 Å². The molecule has 1 aliphatic heterocycles. The van der Waals surface area contributed by atoms with E-state index in [9.17, 15) is 9.18 Å². The number of ether oxygens (including phenoxy) is 1. The Morgan fingerprint density at radius 2 is 2.12 bits per heavy atom. The van der Waals surface area contributed by atoms with E-state index in [-0.39, 0.29) is 11.7 Å².